The van der Waals surface area contributed by atoms with Crippen molar-refractivity contribution in [3.8, 4) is 35.3 Å². The Labute approximate surface area is 261 Å². The molecule has 2 aromatic rings. The van der Waals surface area contributed by atoms with E-state index in [0.29, 0.717) is 17.8 Å². The molecule has 0 radical (unpaired) electrons. The summed E-state index contributed by atoms with van der Waals surface area (Å²) < 4.78 is 0. The van der Waals surface area contributed by atoms with Gasteiger partial charge in [-0.2, -0.15) is 0 Å². The lowest BCUT2D eigenvalue weighted by Gasteiger charge is -2.18. The fourth-order valence-corrected chi connectivity index (χ4v) is 9.65. The first kappa shape index (κ1) is 34.0. The van der Waals surface area contributed by atoms with Crippen molar-refractivity contribution >= 4 is 26.5 Å². The first-order valence-corrected chi connectivity index (χ1v) is 22.9. The van der Waals surface area contributed by atoms with E-state index in [9.17, 15) is 0 Å². The summed E-state index contributed by atoms with van der Waals surface area (Å²) in [6.45, 7) is 9.44. The Balaban J connectivity index is 0.000000184. The summed E-state index contributed by atoms with van der Waals surface area (Å²) in [5, 5.41) is 2.92. The van der Waals surface area contributed by atoms with E-state index in [0.717, 1.165) is 0 Å². The molecule has 0 saturated heterocycles. The van der Waals surface area contributed by atoms with Crippen LogP contribution in [-0.2, 0) is 0 Å². The fraction of sp³-hybridized carbons (Fsp3) is 0.550. The third-order valence-electron chi connectivity index (χ3n) is 9.22. The van der Waals surface area contributed by atoms with Gasteiger partial charge in [0.1, 0.15) is 0 Å². The van der Waals surface area contributed by atoms with Crippen molar-refractivity contribution in [3.63, 3.8) is 0 Å². The third kappa shape index (κ3) is 12.4. The van der Waals surface area contributed by atoms with Crippen LogP contribution < -0.4 is 10.4 Å². The van der Waals surface area contributed by atoms with Crippen LogP contribution in [0.2, 0.25) is 26.2 Å². The summed E-state index contributed by atoms with van der Waals surface area (Å²) in [6, 6.07) is 21.6. The Morgan fingerprint density at radius 3 is 1.07 bits per heavy atom. The summed E-state index contributed by atoms with van der Waals surface area (Å²) in [6.07, 6.45) is 25.6. The molecule has 224 valence electrons. The molecule has 0 atom stereocenters. The summed E-state index contributed by atoms with van der Waals surface area (Å²) in [5.74, 6) is 11.9. The largest absolute Gasteiger partial charge is 0.162 e. The van der Waals surface area contributed by atoms with Crippen LogP contribution in [0.1, 0.15) is 96.3 Å². The Morgan fingerprint density at radius 2 is 0.786 bits per heavy atom. The van der Waals surface area contributed by atoms with Gasteiger partial charge in [0.2, 0.25) is 0 Å². The van der Waals surface area contributed by atoms with Gasteiger partial charge in [-0.3, -0.25) is 0 Å². The molecule has 3 saturated carbocycles. The van der Waals surface area contributed by atoms with Gasteiger partial charge in [-0.1, -0.05) is 145 Å². The van der Waals surface area contributed by atoms with Gasteiger partial charge in [0, 0.05) is 17.8 Å². The number of terminal acetylenes is 1. The van der Waals surface area contributed by atoms with Crippen LogP contribution in [0.25, 0.3) is 0 Å². The second-order valence-electron chi connectivity index (χ2n) is 13.7. The average molecular weight is 593 g/mol. The van der Waals surface area contributed by atoms with Crippen LogP contribution in [0.3, 0.4) is 0 Å². The SMILES string of the molecule is C#CC1CCCCC1.C[Si](C)(C#CC1CCCCC1)c1ccccc1.C[Si](C)(C#CC1CCCCC1)c1ccccc1. The second kappa shape index (κ2) is 18.3. The minimum Gasteiger partial charge on any atom is -0.126 e. The maximum atomic E-state index is 5.25. The molecule has 0 bridgehead atoms. The van der Waals surface area contributed by atoms with Gasteiger partial charge in [-0.15, -0.1) is 35.3 Å². The molecule has 3 aliphatic rings. The monoisotopic (exact) mass is 592 g/mol. The normalized spacial score (nSPS) is 18.3. The Hall–Kier alpha value is -2.45. The highest BCUT2D eigenvalue weighted by Gasteiger charge is 2.22. The van der Waals surface area contributed by atoms with Crippen LogP contribution >= 0.6 is 0 Å². The number of rotatable bonds is 2. The highest BCUT2D eigenvalue weighted by atomic mass is 28.3. The molecule has 5 rings (SSSR count). The van der Waals surface area contributed by atoms with E-state index in [4.69, 9.17) is 6.42 Å². The van der Waals surface area contributed by atoms with Crippen LogP contribution in [0.5, 0.6) is 0 Å². The predicted molar refractivity (Wildman–Crippen MR) is 191 cm³/mol. The molecular weight excluding hydrogens is 537 g/mol. The smallest absolute Gasteiger partial charge is 0.126 e. The van der Waals surface area contributed by atoms with Crippen molar-refractivity contribution in [1.82, 2.24) is 0 Å². The average Bonchev–Trinajstić information content (AvgIpc) is 3.06. The predicted octanol–water partition coefficient (Wildman–Crippen LogP) is 9.65. The molecule has 3 aliphatic carbocycles. The minimum absolute atomic E-state index is 0.615. The van der Waals surface area contributed by atoms with Crippen LogP contribution in [-0.4, -0.2) is 16.1 Å². The number of hydrogen-bond donors (Lipinski definition) is 0. The Morgan fingerprint density at radius 1 is 0.476 bits per heavy atom. The van der Waals surface area contributed by atoms with Gasteiger partial charge in [0.25, 0.3) is 0 Å². The topological polar surface area (TPSA) is 0 Å². The van der Waals surface area contributed by atoms with E-state index < -0.39 is 16.1 Å². The molecule has 0 heterocycles. The van der Waals surface area contributed by atoms with E-state index in [-0.39, 0.29) is 0 Å². The lowest BCUT2D eigenvalue weighted by atomic mass is 9.90. The summed E-state index contributed by atoms with van der Waals surface area (Å²) >= 11 is 0. The van der Waals surface area contributed by atoms with Gasteiger partial charge in [0.05, 0.1) is 0 Å². The molecular formula is C40H56Si2. The zero-order valence-electron chi connectivity index (χ0n) is 27.2. The van der Waals surface area contributed by atoms with Gasteiger partial charge >= 0.3 is 0 Å². The highest BCUT2D eigenvalue weighted by molar-refractivity contribution is 6.96. The molecule has 2 aromatic carbocycles. The standard InChI is InChI=1S/2C16H22Si.C8H12/c2*1-17(2,16-11-7-4-8-12-16)14-13-15-9-5-3-6-10-15;1-2-8-6-4-3-5-7-8/h2*4,7-8,11-12,15H,3,5-6,9-10H2,1-2H3;1,8H,3-7H2. The first-order valence-electron chi connectivity index (χ1n) is 16.9. The Bertz CT molecular complexity index is 1100. The zero-order chi connectivity index (χ0) is 30.1. The van der Waals surface area contributed by atoms with Crippen molar-refractivity contribution in [2.75, 3.05) is 0 Å². The van der Waals surface area contributed by atoms with Crippen molar-refractivity contribution in [3.05, 3.63) is 60.7 Å². The van der Waals surface area contributed by atoms with Gasteiger partial charge < -0.3 is 0 Å². The highest BCUT2D eigenvalue weighted by Crippen LogP contribution is 2.24. The van der Waals surface area contributed by atoms with Gasteiger partial charge in [-0.05, 0) is 48.9 Å². The fourth-order valence-electron chi connectivity index (χ4n) is 6.18. The molecule has 0 unspecified atom stereocenters. The molecule has 0 aromatic heterocycles. The summed E-state index contributed by atoms with van der Waals surface area (Å²) in [7, 11) is -3.05. The quantitative estimate of drug-likeness (QED) is 0.241. The van der Waals surface area contributed by atoms with E-state index >= 15 is 0 Å². The molecule has 3 fully saturated rings. The van der Waals surface area contributed by atoms with Crippen LogP contribution in [0.4, 0.5) is 0 Å². The molecule has 0 spiro atoms. The van der Waals surface area contributed by atoms with E-state index in [1.165, 1.54) is 107 Å². The summed E-state index contributed by atoms with van der Waals surface area (Å²) in [5.41, 5.74) is 7.27. The molecule has 2 heteroatoms. The lowest BCUT2D eigenvalue weighted by Crippen LogP contribution is -2.40. The molecule has 0 aliphatic heterocycles. The van der Waals surface area contributed by atoms with Gasteiger partial charge in [0.15, 0.2) is 16.1 Å². The Kier molecular flexibility index (Phi) is 14.8. The van der Waals surface area contributed by atoms with Crippen molar-refractivity contribution in [2.24, 2.45) is 17.8 Å². The van der Waals surface area contributed by atoms with Crippen molar-refractivity contribution < 1.29 is 0 Å². The molecule has 0 nitrogen and oxygen atoms in total. The van der Waals surface area contributed by atoms with E-state index in [2.05, 4.69) is 116 Å². The molecule has 0 amide bonds. The maximum absolute atomic E-state index is 5.25. The van der Waals surface area contributed by atoms with Crippen LogP contribution in [0.15, 0.2) is 60.7 Å². The zero-order valence-corrected chi connectivity index (χ0v) is 29.2. The second-order valence-corrected chi connectivity index (χ2v) is 21.8. The van der Waals surface area contributed by atoms with E-state index in [1.807, 2.05) is 0 Å². The molecule has 0 N–H and O–H groups in total. The lowest BCUT2D eigenvalue weighted by molar-refractivity contribution is 0.430. The first-order chi connectivity index (χ1) is 20.3. The van der Waals surface area contributed by atoms with Gasteiger partial charge in [-0.25, -0.2) is 0 Å². The number of hydrogen-bond acceptors (Lipinski definition) is 0. The van der Waals surface area contributed by atoms with Crippen molar-refractivity contribution in [1.29, 1.82) is 0 Å². The van der Waals surface area contributed by atoms with E-state index in [1.54, 1.807) is 0 Å². The molecule has 42 heavy (non-hydrogen) atoms. The summed E-state index contributed by atoms with van der Waals surface area (Å²) in [4.78, 5) is 0. The van der Waals surface area contributed by atoms with Crippen molar-refractivity contribution in [2.45, 2.75) is 123 Å². The van der Waals surface area contributed by atoms with Crippen LogP contribution in [0, 0.1) is 53.0 Å². The maximum Gasteiger partial charge on any atom is 0.162 e. The minimum atomic E-state index is -1.52. The number of benzene rings is 2. The third-order valence-corrected chi connectivity index (χ3v) is 14.3.